The van der Waals surface area contributed by atoms with Crippen LogP contribution in [0.5, 0.6) is 5.75 Å². The highest BCUT2D eigenvalue weighted by atomic mass is 16.5. The van der Waals surface area contributed by atoms with E-state index in [1.807, 2.05) is 49.9 Å². The lowest BCUT2D eigenvalue weighted by atomic mass is 10.1. The molecule has 1 saturated heterocycles. The van der Waals surface area contributed by atoms with Crippen LogP contribution < -0.4 is 4.74 Å². The smallest absolute Gasteiger partial charge is 0.263 e. The molecular formula is C17H25NO3. The average Bonchev–Trinajstić information content (AvgIpc) is 2.99. The second kappa shape index (κ2) is 7.46. The van der Waals surface area contributed by atoms with Crippen LogP contribution in [-0.4, -0.2) is 43.2 Å². The Morgan fingerprint density at radius 3 is 2.71 bits per heavy atom. The summed E-state index contributed by atoms with van der Waals surface area (Å²) in [5.41, 5.74) is 1.18. The molecule has 4 heteroatoms. The van der Waals surface area contributed by atoms with Gasteiger partial charge in [0.25, 0.3) is 5.91 Å². The normalized spacial score (nSPS) is 19.3. The van der Waals surface area contributed by atoms with Crippen LogP contribution in [0.1, 0.15) is 25.8 Å². The van der Waals surface area contributed by atoms with Crippen LogP contribution in [0.15, 0.2) is 24.3 Å². The molecule has 0 spiro atoms. The molecule has 1 amide bonds. The van der Waals surface area contributed by atoms with Gasteiger partial charge >= 0.3 is 0 Å². The molecule has 21 heavy (non-hydrogen) atoms. The van der Waals surface area contributed by atoms with Crippen molar-refractivity contribution in [3.05, 3.63) is 29.8 Å². The van der Waals surface area contributed by atoms with Gasteiger partial charge in [-0.1, -0.05) is 17.7 Å². The van der Waals surface area contributed by atoms with Gasteiger partial charge in [-0.3, -0.25) is 4.79 Å². The summed E-state index contributed by atoms with van der Waals surface area (Å²) in [6.07, 6.45) is 0.576. The number of carbonyl (C=O) groups is 1. The molecule has 2 rings (SSSR count). The fourth-order valence-corrected chi connectivity index (χ4v) is 2.54. The third-order valence-corrected chi connectivity index (χ3v) is 3.88. The molecule has 1 aliphatic heterocycles. The summed E-state index contributed by atoms with van der Waals surface area (Å²) in [5.74, 6) is 1.24. The number of hydrogen-bond donors (Lipinski definition) is 0. The molecule has 1 aromatic carbocycles. The third-order valence-electron chi connectivity index (χ3n) is 3.88. The minimum atomic E-state index is -0.463. The van der Waals surface area contributed by atoms with E-state index in [4.69, 9.17) is 9.47 Å². The Labute approximate surface area is 127 Å². The van der Waals surface area contributed by atoms with Crippen molar-refractivity contribution >= 4 is 5.91 Å². The molecule has 0 N–H and O–H groups in total. The summed E-state index contributed by atoms with van der Waals surface area (Å²) < 4.78 is 11.1. The van der Waals surface area contributed by atoms with Crippen molar-refractivity contribution < 1.29 is 14.3 Å². The maximum absolute atomic E-state index is 12.5. The number of carbonyl (C=O) groups excluding carboxylic acids is 1. The molecule has 1 fully saturated rings. The van der Waals surface area contributed by atoms with E-state index < -0.39 is 6.10 Å². The molecule has 1 aliphatic rings. The number of benzene rings is 1. The first kappa shape index (κ1) is 15.8. The van der Waals surface area contributed by atoms with E-state index in [2.05, 4.69) is 0 Å². The molecule has 0 aromatic heterocycles. The van der Waals surface area contributed by atoms with Crippen LogP contribution in [0.2, 0.25) is 0 Å². The van der Waals surface area contributed by atoms with Crippen molar-refractivity contribution in [2.75, 3.05) is 26.3 Å². The zero-order chi connectivity index (χ0) is 15.2. The van der Waals surface area contributed by atoms with Gasteiger partial charge in [-0.25, -0.2) is 0 Å². The summed E-state index contributed by atoms with van der Waals surface area (Å²) in [6, 6.07) is 7.78. The molecule has 0 saturated carbocycles. The lowest BCUT2D eigenvalue weighted by molar-refractivity contribution is -0.138. The SMILES string of the molecule is CCN(C[C@@H]1CCOC1)C(=O)[C@H](C)Oc1ccc(C)cc1. The predicted octanol–water partition coefficient (Wildman–Crippen LogP) is 2.65. The van der Waals surface area contributed by atoms with E-state index in [1.165, 1.54) is 5.56 Å². The van der Waals surface area contributed by atoms with Gasteiger partial charge in [-0.05, 0) is 39.3 Å². The Bertz CT molecular complexity index is 452. The van der Waals surface area contributed by atoms with Crippen molar-refractivity contribution in [2.24, 2.45) is 5.92 Å². The van der Waals surface area contributed by atoms with E-state index in [0.717, 1.165) is 31.9 Å². The molecule has 1 aromatic rings. The van der Waals surface area contributed by atoms with Gasteiger partial charge in [0.2, 0.25) is 0 Å². The highest BCUT2D eigenvalue weighted by molar-refractivity contribution is 5.80. The van der Waals surface area contributed by atoms with Crippen LogP contribution in [0.25, 0.3) is 0 Å². The number of ether oxygens (including phenoxy) is 2. The topological polar surface area (TPSA) is 38.8 Å². The number of nitrogens with zero attached hydrogens (tertiary/aromatic N) is 1. The van der Waals surface area contributed by atoms with E-state index in [0.29, 0.717) is 12.5 Å². The zero-order valence-corrected chi connectivity index (χ0v) is 13.2. The predicted molar refractivity (Wildman–Crippen MR) is 82.4 cm³/mol. The molecule has 1 heterocycles. The Kier molecular flexibility index (Phi) is 5.62. The standard InChI is InChI=1S/C17H25NO3/c1-4-18(11-15-9-10-20-12-15)17(19)14(3)21-16-7-5-13(2)6-8-16/h5-8,14-15H,4,9-12H2,1-3H3/t14-,15-/m0/s1. The zero-order valence-electron chi connectivity index (χ0n) is 13.2. The third kappa shape index (κ3) is 4.46. The average molecular weight is 291 g/mol. The van der Waals surface area contributed by atoms with Gasteiger partial charge in [0.1, 0.15) is 5.75 Å². The molecule has 0 unspecified atom stereocenters. The minimum Gasteiger partial charge on any atom is -0.481 e. The summed E-state index contributed by atoms with van der Waals surface area (Å²) in [7, 11) is 0. The molecule has 4 nitrogen and oxygen atoms in total. The van der Waals surface area contributed by atoms with Crippen LogP contribution in [-0.2, 0) is 9.53 Å². The van der Waals surface area contributed by atoms with E-state index >= 15 is 0 Å². The van der Waals surface area contributed by atoms with Crippen molar-refractivity contribution in [1.29, 1.82) is 0 Å². The van der Waals surface area contributed by atoms with E-state index in [1.54, 1.807) is 0 Å². The lowest BCUT2D eigenvalue weighted by Crippen LogP contribution is -2.42. The van der Waals surface area contributed by atoms with Crippen LogP contribution >= 0.6 is 0 Å². The first-order chi connectivity index (χ1) is 10.1. The monoisotopic (exact) mass is 291 g/mol. The van der Waals surface area contributed by atoms with Crippen molar-refractivity contribution in [3.63, 3.8) is 0 Å². The Balaban J connectivity index is 1.91. The first-order valence-electron chi connectivity index (χ1n) is 7.70. The van der Waals surface area contributed by atoms with Gasteiger partial charge in [-0.2, -0.15) is 0 Å². The summed E-state index contributed by atoms with van der Waals surface area (Å²) in [5, 5.41) is 0. The molecule has 2 atom stereocenters. The van der Waals surface area contributed by atoms with E-state index in [9.17, 15) is 4.79 Å². The first-order valence-corrected chi connectivity index (χ1v) is 7.70. The second-order valence-electron chi connectivity index (χ2n) is 5.68. The number of amides is 1. The number of rotatable bonds is 6. The highest BCUT2D eigenvalue weighted by Crippen LogP contribution is 2.17. The Morgan fingerprint density at radius 2 is 2.14 bits per heavy atom. The van der Waals surface area contributed by atoms with Crippen molar-refractivity contribution in [2.45, 2.75) is 33.3 Å². The fraction of sp³-hybridized carbons (Fsp3) is 0.588. The van der Waals surface area contributed by atoms with Crippen LogP contribution in [0, 0.1) is 12.8 Å². The number of aryl methyl sites for hydroxylation is 1. The summed E-state index contributed by atoms with van der Waals surface area (Å²) in [4.78, 5) is 14.4. The minimum absolute atomic E-state index is 0.0463. The molecule has 116 valence electrons. The molecule has 0 aliphatic carbocycles. The van der Waals surface area contributed by atoms with Crippen molar-refractivity contribution in [1.82, 2.24) is 4.90 Å². The Morgan fingerprint density at radius 1 is 1.43 bits per heavy atom. The molecule has 0 bridgehead atoms. The fourth-order valence-electron chi connectivity index (χ4n) is 2.54. The lowest BCUT2D eigenvalue weighted by Gasteiger charge is -2.27. The quantitative estimate of drug-likeness (QED) is 0.809. The van der Waals surface area contributed by atoms with E-state index in [-0.39, 0.29) is 5.91 Å². The summed E-state index contributed by atoms with van der Waals surface area (Å²) in [6.45, 7) is 8.89. The second-order valence-corrected chi connectivity index (χ2v) is 5.68. The largest absolute Gasteiger partial charge is 0.481 e. The van der Waals surface area contributed by atoms with Crippen molar-refractivity contribution in [3.8, 4) is 5.75 Å². The van der Waals surface area contributed by atoms with Gasteiger partial charge in [0, 0.05) is 25.6 Å². The van der Waals surface area contributed by atoms with Crippen LogP contribution in [0.3, 0.4) is 0 Å². The van der Waals surface area contributed by atoms with Gasteiger partial charge in [0.15, 0.2) is 6.10 Å². The maximum Gasteiger partial charge on any atom is 0.263 e. The van der Waals surface area contributed by atoms with Gasteiger partial charge in [0.05, 0.1) is 6.61 Å². The van der Waals surface area contributed by atoms with Gasteiger partial charge in [-0.15, -0.1) is 0 Å². The molecule has 0 radical (unpaired) electrons. The summed E-state index contributed by atoms with van der Waals surface area (Å²) >= 11 is 0. The molecular weight excluding hydrogens is 266 g/mol. The van der Waals surface area contributed by atoms with Gasteiger partial charge < -0.3 is 14.4 Å². The van der Waals surface area contributed by atoms with Crippen LogP contribution in [0.4, 0.5) is 0 Å². The Hall–Kier alpha value is -1.55. The highest BCUT2D eigenvalue weighted by Gasteiger charge is 2.25. The number of hydrogen-bond acceptors (Lipinski definition) is 3. The number of likely N-dealkylation sites (N-methyl/N-ethyl adjacent to an activating group) is 1. The maximum atomic E-state index is 12.5.